The predicted octanol–water partition coefficient (Wildman–Crippen LogP) is 5.22. The van der Waals surface area contributed by atoms with E-state index in [9.17, 15) is 4.79 Å². The number of ketones is 1. The van der Waals surface area contributed by atoms with E-state index in [4.69, 9.17) is 0 Å². The second kappa shape index (κ2) is 9.89. The zero-order chi connectivity index (χ0) is 22.8. The molecule has 2 aliphatic heterocycles. The van der Waals surface area contributed by atoms with Gasteiger partial charge >= 0.3 is 0 Å². The largest absolute Gasteiger partial charge is 0.347 e. The van der Waals surface area contributed by atoms with Gasteiger partial charge < -0.3 is 4.57 Å². The van der Waals surface area contributed by atoms with Crippen molar-refractivity contribution in [2.24, 2.45) is 5.92 Å². The van der Waals surface area contributed by atoms with Crippen LogP contribution in [0, 0.1) is 5.92 Å². The Bertz CT molecular complexity index is 1090. The van der Waals surface area contributed by atoms with Crippen molar-refractivity contribution in [3.63, 3.8) is 0 Å². The molecule has 4 heteroatoms. The van der Waals surface area contributed by atoms with Gasteiger partial charge in [-0.2, -0.15) is 0 Å². The van der Waals surface area contributed by atoms with E-state index in [1.165, 1.54) is 61.6 Å². The number of rotatable bonds is 9. The van der Waals surface area contributed by atoms with E-state index in [2.05, 4.69) is 71.0 Å². The molecule has 0 amide bonds. The molecule has 0 radical (unpaired) electrons. The van der Waals surface area contributed by atoms with Crippen LogP contribution in [0.25, 0.3) is 10.9 Å². The quantitative estimate of drug-likeness (QED) is 0.337. The molecular formula is C29H37BN2O. The number of Topliss-reactive ketones (excluding diaryl/α,β-unsaturated/α-hetero) is 1. The molecule has 0 unspecified atom stereocenters. The van der Waals surface area contributed by atoms with Gasteiger partial charge in [-0.3, -0.25) is 9.69 Å². The number of benzene rings is 2. The third-order valence-electron chi connectivity index (χ3n) is 8.22. The van der Waals surface area contributed by atoms with Gasteiger partial charge in [0.25, 0.3) is 0 Å². The molecule has 2 aliphatic rings. The molecule has 3 atom stereocenters. The Morgan fingerprint density at radius 1 is 1.00 bits per heavy atom. The number of hydrogen-bond acceptors (Lipinski definition) is 2. The highest BCUT2D eigenvalue weighted by Crippen LogP contribution is 2.40. The van der Waals surface area contributed by atoms with Crippen molar-refractivity contribution in [3.8, 4) is 0 Å². The van der Waals surface area contributed by atoms with Crippen LogP contribution in [-0.2, 0) is 13.0 Å². The summed E-state index contributed by atoms with van der Waals surface area (Å²) in [6.07, 6.45) is 11.4. The van der Waals surface area contributed by atoms with Gasteiger partial charge in [0.05, 0.1) is 0 Å². The smallest absolute Gasteiger partial charge is 0.161 e. The van der Waals surface area contributed by atoms with E-state index in [0.29, 0.717) is 0 Å². The summed E-state index contributed by atoms with van der Waals surface area (Å²) in [5, 5.41) is 1.13. The third-order valence-corrected chi connectivity index (χ3v) is 8.22. The molecule has 2 aromatic carbocycles. The van der Waals surface area contributed by atoms with Crippen LogP contribution in [-0.4, -0.2) is 41.2 Å². The first-order valence-electron chi connectivity index (χ1n) is 13.1. The summed E-state index contributed by atoms with van der Waals surface area (Å²) in [6, 6.07) is 19.0. The maximum Gasteiger partial charge on any atom is 0.161 e. The molecule has 2 fully saturated rings. The van der Waals surface area contributed by atoms with Crippen LogP contribution in [0.3, 0.4) is 0 Å². The summed E-state index contributed by atoms with van der Waals surface area (Å²) in [4.78, 5) is 15.1. The van der Waals surface area contributed by atoms with Crippen molar-refractivity contribution in [3.05, 3.63) is 65.9 Å². The Hall–Kier alpha value is -2.33. The fourth-order valence-corrected chi connectivity index (χ4v) is 6.61. The Morgan fingerprint density at radius 3 is 2.45 bits per heavy atom. The molecule has 172 valence electrons. The van der Waals surface area contributed by atoms with Crippen molar-refractivity contribution < 1.29 is 4.79 Å². The number of hydrogen-bond donors (Lipinski definition) is 0. The van der Waals surface area contributed by atoms with Gasteiger partial charge in [-0.1, -0.05) is 60.8 Å². The summed E-state index contributed by atoms with van der Waals surface area (Å²) in [5.41, 5.74) is 4.98. The Labute approximate surface area is 199 Å². The average molecular weight is 440 g/mol. The van der Waals surface area contributed by atoms with Gasteiger partial charge in [0, 0.05) is 47.8 Å². The summed E-state index contributed by atoms with van der Waals surface area (Å²) < 4.78 is 2.36. The van der Waals surface area contributed by atoms with E-state index in [-0.39, 0.29) is 5.78 Å². The van der Waals surface area contributed by atoms with Crippen LogP contribution < -0.4 is 5.46 Å². The number of aromatic nitrogens is 1. The van der Waals surface area contributed by atoms with E-state index in [0.717, 1.165) is 49.2 Å². The Morgan fingerprint density at radius 2 is 1.76 bits per heavy atom. The summed E-state index contributed by atoms with van der Waals surface area (Å²) >= 11 is 0. The van der Waals surface area contributed by atoms with E-state index in [1.807, 2.05) is 0 Å². The minimum atomic E-state index is 0.169. The average Bonchev–Trinajstić information content (AvgIpc) is 3.32. The molecular weight excluding hydrogens is 403 g/mol. The van der Waals surface area contributed by atoms with Gasteiger partial charge in [0.2, 0.25) is 0 Å². The number of piperidine rings is 1. The minimum absolute atomic E-state index is 0.169. The number of carbonyl (C=O) groups is 1. The molecule has 2 bridgehead atoms. The van der Waals surface area contributed by atoms with Crippen molar-refractivity contribution in [1.29, 1.82) is 0 Å². The second-order valence-electron chi connectivity index (χ2n) is 10.3. The first-order valence-corrected chi connectivity index (χ1v) is 13.1. The maximum atomic E-state index is 12.2. The van der Waals surface area contributed by atoms with Crippen LogP contribution in [0.5, 0.6) is 0 Å². The van der Waals surface area contributed by atoms with E-state index >= 15 is 0 Å². The lowest BCUT2D eigenvalue weighted by Gasteiger charge is -2.39. The lowest BCUT2D eigenvalue weighted by molar-refractivity contribution is 0.0978. The van der Waals surface area contributed by atoms with Gasteiger partial charge in [0.1, 0.15) is 0 Å². The van der Waals surface area contributed by atoms with Gasteiger partial charge in [0.15, 0.2) is 13.1 Å². The lowest BCUT2D eigenvalue weighted by atomic mass is 9.72. The number of carbonyl (C=O) groups excluding carboxylic acids is 1. The van der Waals surface area contributed by atoms with Crippen molar-refractivity contribution in [2.75, 3.05) is 6.54 Å². The number of fused-ring (bicyclic) bond motifs is 3. The molecule has 3 heterocycles. The fraction of sp³-hybridized carbons (Fsp3) is 0.483. The van der Waals surface area contributed by atoms with Gasteiger partial charge in [-0.15, -0.1) is 0 Å². The number of para-hydroxylation sites is 1. The zero-order valence-electron chi connectivity index (χ0n) is 20.3. The monoisotopic (exact) mass is 440 g/mol. The summed E-state index contributed by atoms with van der Waals surface area (Å²) in [7, 11) is 0.999. The third kappa shape index (κ3) is 4.68. The molecule has 0 aliphatic carbocycles. The highest BCUT2D eigenvalue weighted by Gasteiger charge is 2.39. The van der Waals surface area contributed by atoms with Crippen LogP contribution >= 0.6 is 0 Å². The molecule has 0 spiro atoms. The van der Waals surface area contributed by atoms with Crippen LogP contribution in [0.15, 0.2) is 54.7 Å². The molecule has 1 aromatic heterocycles. The Kier molecular flexibility index (Phi) is 6.73. The van der Waals surface area contributed by atoms with Crippen LogP contribution in [0.4, 0.5) is 0 Å². The molecule has 33 heavy (non-hydrogen) atoms. The standard InChI is InChI=1S/C29H37BN2O/c1-21(33)27-20-31(29-26(27)10-6-11-28(29)30-2)16-7-17-32-24-14-15-25(32)19-23(18-24)13-12-22-8-4-3-5-9-22/h3-6,8-11,20,23-25,30H,7,12-19H2,1-2H3/t23-,24+,25-. The maximum absolute atomic E-state index is 12.2. The predicted molar refractivity (Wildman–Crippen MR) is 140 cm³/mol. The van der Waals surface area contributed by atoms with Gasteiger partial charge in [-0.05, 0) is 63.4 Å². The highest BCUT2D eigenvalue weighted by molar-refractivity contribution is 6.55. The Balaban J connectivity index is 1.20. The molecule has 3 aromatic rings. The summed E-state index contributed by atoms with van der Waals surface area (Å²) in [5.74, 6) is 1.06. The SMILES string of the molecule is CBc1cccc2c(C(C)=O)cn(CCCN3[C@@H]4CC[C@H]3C[C@@H](CCc3ccccc3)C4)c12. The van der Waals surface area contributed by atoms with Crippen molar-refractivity contribution in [1.82, 2.24) is 9.47 Å². The lowest BCUT2D eigenvalue weighted by Crippen LogP contribution is -2.43. The summed E-state index contributed by atoms with van der Waals surface area (Å²) in [6.45, 7) is 6.08. The van der Waals surface area contributed by atoms with Gasteiger partial charge in [-0.25, -0.2) is 0 Å². The molecule has 5 rings (SSSR count). The van der Waals surface area contributed by atoms with E-state index < -0.39 is 0 Å². The van der Waals surface area contributed by atoms with E-state index in [1.54, 1.807) is 6.92 Å². The van der Waals surface area contributed by atoms with Crippen LogP contribution in [0.2, 0.25) is 6.82 Å². The second-order valence-corrected chi connectivity index (χ2v) is 10.3. The van der Waals surface area contributed by atoms with Crippen molar-refractivity contribution >= 4 is 29.4 Å². The normalized spacial score (nSPS) is 22.7. The van der Waals surface area contributed by atoms with Crippen molar-refractivity contribution in [2.45, 2.75) is 77.3 Å². The molecule has 0 N–H and O–H groups in total. The molecule has 3 nitrogen and oxygen atoms in total. The fourth-order valence-electron chi connectivity index (χ4n) is 6.61. The molecule has 2 saturated heterocycles. The first-order chi connectivity index (χ1) is 16.1. The van der Waals surface area contributed by atoms with Crippen LogP contribution in [0.1, 0.15) is 61.4 Å². The topological polar surface area (TPSA) is 25.2 Å². The minimum Gasteiger partial charge on any atom is -0.347 e. The number of nitrogens with zero attached hydrogens (tertiary/aromatic N) is 2. The molecule has 0 saturated carbocycles. The highest BCUT2D eigenvalue weighted by atomic mass is 16.1. The first kappa shape index (κ1) is 22.5. The number of aryl methyl sites for hydroxylation is 2. The zero-order valence-corrected chi connectivity index (χ0v) is 20.3.